The van der Waals surface area contributed by atoms with Gasteiger partial charge in [-0.2, -0.15) is 0 Å². The summed E-state index contributed by atoms with van der Waals surface area (Å²) in [7, 11) is 0. The van der Waals surface area contributed by atoms with Gasteiger partial charge in [0.25, 0.3) is 5.91 Å². The summed E-state index contributed by atoms with van der Waals surface area (Å²) in [6.45, 7) is 6.16. The Kier molecular flexibility index (Phi) is 5.52. The smallest absolute Gasteiger partial charge is 0.263 e. The van der Waals surface area contributed by atoms with Crippen molar-refractivity contribution in [2.45, 2.75) is 62.8 Å². The third-order valence-electron chi connectivity index (χ3n) is 5.85. The van der Waals surface area contributed by atoms with Gasteiger partial charge in [-0.15, -0.1) is 0 Å². The number of aliphatic imine (C=N–C) groups is 1. The molecule has 3 aliphatic heterocycles. The zero-order valence-corrected chi connectivity index (χ0v) is 17.2. The van der Waals surface area contributed by atoms with E-state index in [4.69, 9.17) is 10.5 Å². The number of nitrogens with zero attached hydrogens (tertiary/aromatic N) is 3. The third-order valence-corrected chi connectivity index (χ3v) is 5.85. The lowest BCUT2D eigenvalue weighted by Crippen LogP contribution is -2.86. The number of aliphatic hydroxyl groups excluding tert-OH is 3. The Labute approximate surface area is 177 Å². The topological polar surface area (TPSA) is 195 Å². The van der Waals surface area contributed by atoms with Gasteiger partial charge in [0.15, 0.2) is 24.0 Å². The number of carbonyl (C=O) groups is 4. The maximum atomic E-state index is 13.2. The molecule has 0 radical (unpaired) electrons. The molecule has 13 heteroatoms. The zero-order chi connectivity index (χ0) is 23.5. The Morgan fingerprint density at radius 3 is 2.29 bits per heavy atom. The molecule has 0 bridgehead atoms. The fourth-order valence-electron chi connectivity index (χ4n) is 4.25. The number of aliphatic hydroxyl groups is 3. The molecule has 3 aliphatic rings. The number of amidine groups is 1. The molecule has 3 heterocycles. The molecule has 170 valence electrons. The second-order valence-corrected chi connectivity index (χ2v) is 7.67. The van der Waals surface area contributed by atoms with Gasteiger partial charge in [0, 0.05) is 13.8 Å². The molecule has 0 aliphatic carbocycles. The normalized spacial score (nSPS) is 39.6. The second kappa shape index (κ2) is 7.46. The Bertz CT molecular complexity index is 892. The summed E-state index contributed by atoms with van der Waals surface area (Å²) in [6, 6.07) is 0. The Morgan fingerprint density at radius 1 is 1.26 bits per heavy atom. The zero-order valence-electron chi connectivity index (χ0n) is 17.2. The van der Waals surface area contributed by atoms with E-state index in [1.165, 1.54) is 0 Å². The average molecular weight is 439 g/mol. The first-order valence-corrected chi connectivity index (χ1v) is 9.45. The van der Waals surface area contributed by atoms with Gasteiger partial charge in [-0.25, -0.2) is 4.99 Å². The van der Waals surface area contributed by atoms with E-state index in [1.807, 2.05) is 0 Å². The molecule has 31 heavy (non-hydrogen) atoms. The van der Waals surface area contributed by atoms with E-state index < -0.39 is 72.0 Å². The Balaban J connectivity index is 2.27. The third kappa shape index (κ3) is 2.92. The Morgan fingerprint density at radius 2 is 1.87 bits per heavy atom. The minimum atomic E-state index is -2.32. The summed E-state index contributed by atoms with van der Waals surface area (Å²) < 4.78 is 5.56. The molecule has 0 spiro atoms. The van der Waals surface area contributed by atoms with Gasteiger partial charge in [-0.1, -0.05) is 6.58 Å². The SMILES string of the molecule is C=CC1=NC2(C(C)=O)C(=O)NC(N)(C(C)=O)N(C(C)=O)C2N1[C@@H]1O[C@H](CO)C(O)C1O. The first-order chi connectivity index (χ1) is 14.4. The second-order valence-electron chi connectivity index (χ2n) is 7.67. The van der Waals surface area contributed by atoms with Gasteiger partial charge in [0.2, 0.25) is 17.2 Å². The highest BCUT2D eigenvalue weighted by Crippen LogP contribution is 2.42. The van der Waals surface area contributed by atoms with Crippen LogP contribution in [0.4, 0.5) is 0 Å². The molecular weight excluding hydrogens is 414 g/mol. The molecule has 13 nitrogen and oxygen atoms in total. The summed E-state index contributed by atoms with van der Waals surface area (Å²) in [5, 5.41) is 32.4. The van der Waals surface area contributed by atoms with Crippen molar-refractivity contribution in [1.29, 1.82) is 0 Å². The van der Waals surface area contributed by atoms with Crippen LogP contribution in [0.3, 0.4) is 0 Å². The summed E-state index contributed by atoms with van der Waals surface area (Å²) in [5.41, 5.74) is 3.88. The van der Waals surface area contributed by atoms with E-state index in [2.05, 4.69) is 16.9 Å². The molecule has 6 N–H and O–H groups in total. The van der Waals surface area contributed by atoms with Crippen LogP contribution in [0.25, 0.3) is 0 Å². The quantitative estimate of drug-likeness (QED) is 0.265. The number of rotatable bonds is 5. The minimum Gasteiger partial charge on any atom is -0.394 e. The van der Waals surface area contributed by atoms with Gasteiger partial charge in [-0.05, 0) is 13.0 Å². The average Bonchev–Trinajstić information content (AvgIpc) is 3.17. The monoisotopic (exact) mass is 439 g/mol. The highest BCUT2D eigenvalue weighted by molar-refractivity contribution is 6.18. The Hall–Kier alpha value is -2.71. The summed E-state index contributed by atoms with van der Waals surface area (Å²) in [5.74, 6) is -5.85. The number of Topliss-reactive ketones (excluding diaryl/α,β-unsaturated/α-hetero) is 2. The first-order valence-electron chi connectivity index (χ1n) is 9.45. The van der Waals surface area contributed by atoms with Crippen LogP contribution >= 0.6 is 0 Å². The van der Waals surface area contributed by atoms with Crippen molar-refractivity contribution >= 4 is 29.2 Å². The van der Waals surface area contributed by atoms with Gasteiger partial charge in [0.05, 0.1) is 6.61 Å². The van der Waals surface area contributed by atoms with Gasteiger partial charge in [0.1, 0.15) is 24.1 Å². The number of nitrogens with one attached hydrogen (secondary N) is 1. The van der Waals surface area contributed by atoms with Gasteiger partial charge < -0.3 is 30.3 Å². The van der Waals surface area contributed by atoms with Crippen molar-refractivity contribution in [2.24, 2.45) is 10.7 Å². The van der Waals surface area contributed by atoms with E-state index >= 15 is 0 Å². The number of hydrogen-bond donors (Lipinski definition) is 5. The van der Waals surface area contributed by atoms with Gasteiger partial charge >= 0.3 is 0 Å². The number of fused-ring (bicyclic) bond motifs is 1. The van der Waals surface area contributed by atoms with E-state index in [0.717, 1.165) is 36.6 Å². The molecule has 5 unspecified atom stereocenters. The van der Waals surface area contributed by atoms with Crippen molar-refractivity contribution in [2.75, 3.05) is 6.61 Å². The number of hydrogen-bond acceptors (Lipinski definition) is 11. The standard InChI is InChI=1S/C18H25N5O8/c1-5-11-20-17(7(2)25)15(30)21-18(19,8(3)26)23(9(4)27)16(17)22(11)14-13(29)12(28)10(6-24)31-14/h5,10,12-14,16,24,28-29H,1,6,19H2,2-4H3,(H,21,30)/t10-,12?,13?,14-,16?,17?,18?/m1/s1. The molecule has 2 fully saturated rings. The molecular formula is C18H25N5O8. The minimum absolute atomic E-state index is 0.121. The molecule has 3 rings (SSSR count). The van der Waals surface area contributed by atoms with Crippen LogP contribution in [-0.2, 0) is 23.9 Å². The molecule has 0 aromatic heterocycles. The fourth-order valence-corrected chi connectivity index (χ4v) is 4.25. The van der Waals surface area contributed by atoms with Crippen molar-refractivity contribution in [1.82, 2.24) is 15.1 Å². The van der Waals surface area contributed by atoms with Crippen LogP contribution in [0.5, 0.6) is 0 Å². The highest BCUT2D eigenvalue weighted by atomic mass is 16.6. The van der Waals surface area contributed by atoms with Crippen LogP contribution < -0.4 is 11.1 Å². The number of ether oxygens (including phenoxy) is 1. The summed E-state index contributed by atoms with van der Waals surface area (Å²) >= 11 is 0. The molecule has 0 aromatic carbocycles. The number of nitrogens with two attached hydrogens (primary N) is 1. The van der Waals surface area contributed by atoms with Crippen molar-refractivity contribution in [3.8, 4) is 0 Å². The number of carbonyl (C=O) groups excluding carboxylic acids is 4. The van der Waals surface area contributed by atoms with Gasteiger partial charge in [-0.3, -0.25) is 29.8 Å². The maximum Gasteiger partial charge on any atom is 0.263 e. The lowest BCUT2D eigenvalue weighted by molar-refractivity contribution is -0.184. The van der Waals surface area contributed by atoms with E-state index in [0.29, 0.717) is 0 Å². The fraction of sp³-hybridized carbons (Fsp3) is 0.611. The van der Waals surface area contributed by atoms with Crippen molar-refractivity contribution in [3.05, 3.63) is 12.7 Å². The van der Waals surface area contributed by atoms with Crippen molar-refractivity contribution in [3.63, 3.8) is 0 Å². The largest absolute Gasteiger partial charge is 0.394 e. The first kappa shape index (κ1) is 23.0. The van der Waals surface area contributed by atoms with Crippen LogP contribution in [0.2, 0.25) is 0 Å². The highest BCUT2D eigenvalue weighted by Gasteiger charge is 2.70. The van der Waals surface area contributed by atoms with Crippen LogP contribution in [0.1, 0.15) is 20.8 Å². The van der Waals surface area contributed by atoms with E-state index in [-0.39, 0.29) is 5.84 Å². The maximum absolute atomic E-state index is 13.2. The lowest BCUT2D eigenvalue weighted by atomic mass is 9.85. The molecule has 0 aromatic rings. The van der Waals surface area contributed by atoms with E-state index in [9.17, 15) is 34.5 Å². The number of ketones is 2. The summed E-state index contributed by atoms with van der Waals surface area (Å²) in [4.78, 5) is 57.1. The van der Waals surface area contributed by atoms with Crippen LogP contribution in [0, 0.1) is 0 Å². The number of amides is 2. The molecule has 0 saturated carbocycles. The van der Waals surface area contributed by atoms with E-state index in [1.54, 1.807) is 0 Å². The molecule has 7 atom stereocenters. The van der Waals surface area contributed by atoms with Crippen LogP contribution in [0.15, 0.2) is 17.6 Å². The van der Waals surface area contributed by atoms with Crippen LogP contribution in [-0.4, -0.2) is 103 Å². The van der Waals surface area contributed by atoms with Crippen molar-refractivity contribution < 1.29 is 39.2 Å². The summed E-state index contributed by atoms with van der Waals surface area (Å²) in [6.07, 6.45) is -6.27. The lowest BCUT2D eigenvalue weighted by Gasteiger charge is -2.53. The predicted molar refractivity (Wildman–Crippen MR) is 103 cm³/mol. The predicted octanol–water partition coefficient (Wildman–Crippen LogP) is -3.84. The molecule has 2 amide bonds. The molecule has 2 saturated heterocycles.